The molecule has 0 spiro atoms. The number of carbonyl (C=O) groups is 1. The Kier molecular flexibility index (Phi) is 7.35. The Bertz CT molecular complexity index is 1080. The number of ketones is 1. The molecule has 1 aromatic carbocycles. The zero-order valence-corrected chi connectivity index (χ0v) is 20.6. The molecule has 0 bridgehead atoms. The van der Waals surface area contributed by atoms with Crippen LogP contribution in [0.5, 0.6) is 11.5 Å². The fourth-order valence-corrected chi connectivity index (χ4v) is 4.58. The minimum atomic E-state index is -0.805. The van der Waals surface area contributed by atoms with E-state index in [2.05, 4.69) is 25.8 Å². The van der Waals surface area contributed by atoms with E-state index in [4.69, 9.17) is 18.6 Å². The highest BCUT2D eigenvalue weighted by molar-refractivity contribution is 9.10. The van der Waals surface area contributed by atoms with Crippen LogP contribution in [0.1, 0.15) is 41.5 Å². The number of pyridine rings is 1. The lowest BCUT2D eigenvalue weighted by Gasteiger charge is -2.27. The molecule has 1 saturated heterocycles. The first-order valence-corrected chi connectivity index (χ1v) is 11.6. The number of halogens is 1. The summed E-state index contributed by atoms with van der Waals surface area (Å²) in [6, 6.07) is 10.9. The van der Waals surface area contributed by atoms with Crippen LogP contribution in [0.25, 0.3) is 11.3 Å². The van der Waals surface area contributed by atoms with Crippen molar-refractivity contribution in [3.05, 3.63) is 58.4 Å². The maximum Gasteiger partial charge on any atom is 0.231 e. The molecule has 0 aliphatic carbocycles. The molecule has 3 aromatic rings. The van der Waals surface area contributed by atoms with E-state index in [1.807, 2.05) is 24.3 Å². The molecule has 0 N–H and O–H groups in total. The summed E-state index contributed by atoms with van der Waals surface area (Å²) in [7, 11) is 4.66. The van der Waals surface area contributed by atoms with Crippen LogP contribution in [0.3, 0.4) is 0 Å². The Hall–Kier alpha value is -2.84. The van der Waals surface area contributed by atoms with Crippen molar-refractivity contribution in [3.63, 3.8) is 0 Å². The molecular formula is C25H27BrN2O5. The Morgan fingerprint density at radius 3 is 2.30 bits per heavy atom. The summed E-state index contributed by atoms with van der Waals surface area (Å²) in [4.78, 5) is 20.0. The van der Waals surface area contributed by atoms with Crippen LogP contribution >= 0.6 is 15.9 Å². The number of piperidine rings is 1. The third-order valence-electron chi connectivity index (χ3n) is 5.81. The highest BCUT2D eigenvalue weighted by atomic mass is 79.9. The Morgan fingerprint density at radius 1 is 1.03 bits per heavy atom. The SMILES string of the molecule is COc1cc(-c2ccc(C(=O)C(OC)c3ccc(N4CCCCC4)nc3)o2)cc(OC)c1Br. The molecule has 2 aromatic heterocycles. The predicted octanol–water partition coefficient (Wildman–Crippen LogP) is 5.68. The summed E-state index contributed by atoms with van der Waals surface area (Å²) >= 11 is 3.46. The van der Waals surface area contributed by atoms with Crippen LogP contribution in [0, 0.1) is 0 Å². The molecule has 33 heavy (non-hydrogen) atoms. The monoisotopic (exact) mass is 514 g/mol. The van der Waals surface area contributed by atoms with Crippen LogP contribution in [-0.2, 0) is 4.74 Å². The second-order valence-corrected chi connectivity index (χ2v) is 8.63. The number of anilines is 1. The van der Waals surface area contributed by atoms with Gasteiger partial charge in [-0.25, -0.2) is 4.98 Å². The number of ether oxygens (including phenoxy) is 3. The van der Waals surface area contributed by atoms with Crippen molar-refractivity contribution in [2.24, 2.45) is 0 Å². The van der Waals surface area contributed by atoms with Crippen molar-refractivity contribution >= 4 is 27.5 Å². The standard InChI is InChI=1S/C25H27BrN2O5/c1-30-20-13-17(14-21(31-2)23(20)26)18-8-9-19(33-18)24(29)25(32-3)16-7-10-22(27-15-16)28-11-5-4-6-12-28/h7-10,13-15,25H,4-6,11-12H2,1-3H3. The fourth-order valence-electron chi connectivity index (χ4n) is 4.02. The molecule has 1 atom stereocenters. The van der Waals surface area contributed by atoms with Gasteiger partial charge in [0.05, 0.1) is 14.2 Å². The number of rotatable bonds is 8. The van der Waals surface area contributed by atoms with Crippen molar-refractivity contribution in [2.75, 3.05) is 39.3 Å². The number of hydrogen-bond donors (Lipinski definition) is 0. The van der Waals surface area contributed by atoms with E-state index < -0.39 is 6.10 Å². The van der Waals surface area contributed by atoms with Crippen LogP contribution in [0.2, 0.25) is 0 Å². The molecule has 7 nitrogen and oxygen atoms in total. The molecule has 4 rings (SSSR count). The molecule has 1 fully saturated rings. The van der Waals surface area contributed by atoms with Gasteiger partial charge in [0, 0.05) is 37.5 Å². The number of aromatic nitrogens is 1. The van der Waals surface area contributed by atoms with Gasteiger partial charge in [-0.2, -0.15) is 0 Å². The quantitative estimate of drug-likeness (QED) is 0.357. The normalized spacial score (nSPS) is 14.7. The summed E-state index contributed by atoms with van der Waals surface area (Å²) in [5.41, 5.74) is 1.42. The Labute approximate surface area is 201 Å². The largest absolute Gasteiger partial charge is 0.495 e. The van der Waals surface area contributed by atoms with Crippen LogP contribution in [-0.4, -0.2) is 45.2 Å². The van der Waals surface area contributed by atoms with Gasteiger partial charge < -0.3 is 23.5 Å². The summed E-state index contributed by atoms with van der Waals surface area (Å²) in [5.74, 6) is 2.59. The third-order valence-corrected chi connectivity index (χ3v) is 6.59. The molecular weight excluding hydrogens is 488 g/mol. The molecule has 1 unspecified atom stereocenters. The molecule has 1 aliphatic rings. The van der Waals surface area contributed by atoms with Gasteiger partial charge in [-0.15, -0.1) is 0 Å². The summed E-state index contributed by atoms with van der Waals surface area (Å²) in [5, 5.41) is 0. The van der Waals surface area contributed by atoms with Crippen LogP contribution in [0.15, 0.2) is 51.5 Å². The van der Waals surface area contributed by atoms with Gasteiger partial charge in [-0.05, 0) is 65.5 Å². The van der Waals surface area contributed by atoms with E-state index in [1.165, 1.54) is 26.4 Å². The fraction of sp³-hybridized carbons (Fsp3) is 0.360. The number of hydrogen-bond acceptors (Lipinski definition) is 7. The zero-order valence-electron chi connectivity index (χ0n) is 19.0. The van der Waals surface area contributed by atoms with Gasteiger partial charge in [-0.1, -0.05) is 6.07 Å². The lowest BCUT2D eigenvalue weighted by atomic mass is 10.1. The minimum Gasteiger partial charge on any atom is -0.495 e. The lowest BCUT2D eigenvalue weighted by molar-refractivity contribution is 0.0576. The summed E-state index contributed by atoms with van der Waals surface area (Å²) < 4.78 is 23.0. The molecule has 3 heterocycles. The second kappa shape index (κ2) is 10.4. The first-order chi connectivity index (χ1) is 16.0. The number of benzene rings is 1. The Balaban J connectivity index is 1.55. The van der Waals surface area contributed by atoms with Crippen LogP contribution in [0.4, 0.5) is 5.82 Å². The topological polar surface area (TPSA) is 74.0 Å². The first-order valence-electron chi connectivity index (χ1n) is 10.9. The van der Waals surface area contributed by atoms with Crippen molar-refractivity contribution in [1.29, 1.82) is 0 Å². The number of methoxy groups -OCH3 is 3. The van der Waals surface area contributed by atoms with Crippen molar-refractivity contribution in [2.45, 2.75) is 25.4 Å². The van der Waals surface area contributed by atoms with Crippen molar-refractivity contribution in [1.82, 2.24) is 4.98 Å². The minimum absolute atomic E-state index is 0.206. The number of nitrogens with zero attached hydrogens (tertiary/aromatic N) is 2. The Morgan fingerprint density at radius 2 is 1.73 bits per heavy atom. The van der Waals surface area contributed by atoms with E-state index in [0.717, 1.165) is 24.5 Å². The van der Waals surface area contributed by atoms with Crippen LogP contribution < -0.4 is 14.4 Å². The molecule has 0 saturated carbocycles. The average molecular weight is 515 g/mol. The van der Waals surface area contributed by atoms with E-state index in [0.29, 0.717) is 27.3 Å². The second-order valence-electron chi connectivity index (χ2n) is 7.84. The zero-order chi connectivity index (χ0) is 23.4. The van der Waals surface area contributed by atoms with Gasteiger partial charge in [0.1, 0.15) is 33.7 Å². The van der Waals surface area contributed by atoms with Gasteiger partial charge in [-0.3, -0.25) is 4.79 Å². The highest BCUT2D eigenvalue weighted by Gasteiger charge is 2.26. The van der Waals surface area contributed by atoms with Crippen molar-refractivity contribution < 1.29 is 23.4 Å². The lowest BCUT2D eigenvalue weighted by Crippen LogP contribution is -2.30. The predicted molar refractivity (Wildman–Crippen MR) is 129 cm³/mol. The maximum absolute atomic E-state index is 13.2. The van der Waals surface area contributed by atoms with Gasteiger partial charge in [0.25, 0.3) is 0 Å². The number of Topliss-reactive ketones (excluding diaryl/α,β-unsaturated/α-hetero) is 1. The third kappa shape index (κ3) is 4.91. The average Bonchev–Trinajstić information content (AvgIpc) is 3.36. The van der Waals surface area contributed by atoms with Gasteiger partial charge in [0.15, 0.2) is 5.76 Å². The highest BCUT2D eigenvalue weighted by Crippen LogP contribution is 2.39. The van der Waals surface area contributed by atoms with E-state index in [9.17, 15) is 4.79 Å². The molecule has 1 aliphatic heterocycles. The van der Waals surface area contributed by atoms with E-state index >= 15 is 0 Å². The van der Waals surface area contributed by atoms with E-state index in [-0.39, 0.29) is 11.5 Å². The number of carbonyl (C=O) groups excluding carboxylic acids is 1. The van der Waals surface area contributed by atoms with Gasteiger partial charge in [0.2, 0.25) is 5.78 Å². The summed E-state index contributed by atoms with van der Waals surface area (Å²) in [6.45, 7) is 2.03. The maximum atomic E-state index is 13.2. The summed E-state index contributed by atoms with van der Waals surface area (Å²) in [6.07, 6.45) is 4.53. The van der Waals surface area contributed by atoms with Crippen molar-refractivity contribution in [3.8, 4) is 22.8 Å². The smallest absolute Gasteiger partial charge is 0.231 e. The first kappa shape index (κ1) is 23.3. The number of furan rings is 1. The van der Waals surface area contributed by atoms with Gasteiger partial charge >= 0.3 is 0 Å². The molecule has 8 heteroatoms. The molecule has 0 amide bonds. The molecule has 0 radical (unpaired) electrons. The molecule has 174 valence electrons. The van der Waals surface area contributed by atoms with E-state index in [1.54, 1.807) is 32.5 Å².